The van der Waals surface area contributed by atoms with Crippen molar-refractivity contribution in [3.63, 3.8) is 0 Å². The fraction of sp³-hybridized carbons (Fsp3) is 0.737. The summed E-state index contributed by atoms with van der Waals surface area (Å²) in [6.45, 7) is 9.33. The molecule has 0 radical (unpaired) electrons. The molecule has 0 aromatic rings. The zero-order valence-electron chi connectivity index (χ0n) is 15.6. The van der Waals surface area contributed by atoms with Gasteiger partial charge in [0.15, 0.2) is 0 Å². The van der Waals surface area contributed by atoms with E-state index < -0.39 is 0 Å². The van der Waals surface area contributed by atoms with E-state index in [1.54, 1.807) is 7.11 Å². The average molecular weight is 325 g/mol. The summed E-state index contributed by atoms with van der Waals surface area (Å²) >= 11 is 0. The minimum Gasteiger partial charge on any atom is -0.381 e. The molecule has 0 rings (SSSR count). The predicted octanol–water partition coefficient (Wildman–Crippen LogP) is 4.02. The molecule has 0 fully saturated rings. The second-order valence-electron chi connectivity index (χ2n) is 5.99. The molecule has 0 saturated carbocycles. The van der Waals surface area contributed by atoms with Gasteiger partial charge in [-0.1, -0.05) is 38.8 Å². The third-order valence-corrected chi connectivity index (χ3v) is 3.43. The molecular formula is C19H35NO3. The van der Waals surface area contributed by atoms with Gasteiger partial charge in [-0.05, 0) is 39.2 Å². The first-order chi connectivity index (χ1) is 11.0. The smallest absolute Gasteiger partial charge is 0.247 e. The van der Waals surface area contributed by atoms with E-state index in [2.05, 4.69) is 19.2 Å². The molecule has 0 saturated heterocycles. The van der Waals surface area contributed by atoms with Gasteiger partial charge in [0, 0.05) is 18.7 Å². The van der Waals surface area contributed by atoms with Crippen LogP contribution in [-0.2, 0) is 14.3 Å². The van der Waals surface area contributed by atoms with Gasteiger partial charge in [0.2, 0.25) is 5.91 Å². The number of hydrogen-bond acceptors (Lipinski definition) is 3. The number of carbonyl (C=O) groups excluding carboxylic acids is 1. The summed E-state index contributed by atoms with van der Waals surface area (Å²) in [5.74, 6) is 0.0170. The zero-order chi connectivity index (χ0) is 17.5. The summed E-state index contributed by atoms with van der Waals surface area (Å²) in [7, 11) is 1.63. The van der Waals surface area contributed by atoms with Crippen LogP contribution in [0.4, 0.5) is 0 Å². The van der Waals surface area contributed by atoms with Gasteiger partial charge in [0.25, 0.3) is 0 Å². The van der Waals surface area contributed by atoms with E-state index in [0.717, 1.165) is 31.3 Å². The van der Waals surface area contributed by atoms with Gasteiger partial charge >= 0.3 is 0 Å². The second-order valence-corrected chi connectivity index (χ2v) is 5.99. The summed E-state index contributed by atoms with van der Waals surface area (Å²) < 4.78 is 10.5. The molecule has 1 N–H and O–H groups in total. The van der Waals surface area contributed by atoms with E-state index in [4.69, 9.17) is 9.47 Å². The van der Waals surface area contributed by atoms with Gasteiger partial charge in [-0.2, -0.15) is 0 Å². The standard InChI is InChI=1S/C19H35NO3/c1-6-10-18(11-7-2)20-19(21)17(13-15-22-5)12-8-9-14-23-16(3)4/h8-9,13,16,18H,6-7,10-12,14-15H2,1-5H3,(H,20,21)/b9-8-,17-13+. The zero-order valence-corrected chi connectivity index (χ0v) is 15.6. The van der Waals surface area contributed by atoms with Gasteiger partial charge in [0.05, 0.1) is 19.3 Å². The van der Waals surface area contributed by atoms with Crippen molar-refractivity contribution < 1.29 is 14.3 Å². The first-order valence-electron chi connectivity index (χ1n) is 8.80. The van der Waals surface area contributed by atoms with Crippen molar-refractivity contribution in [2.45, 2.75) is 71.9 Å². The van der Waals surface area contributed by atoms with Crippen LogP contribution in [-0.4, -0.2) is 38.4 Å². The number of amides is 1. The van der Waals surface area contributed by atoms with Gasteiger partial charge in [0.1, 0.15) is 0 Å². The van der Waals surface area contributed by atoms with Crippen molar-refractivity contribution in [1.29, 1.82) is 0 Å². The number of rotatable bonds is 13. The van der Waals surface area contributed by atoms with E-state index >= 15 is 0 Å². The Morgan fingerprint density at radius 1 is 1.09 bits per heavy atom. The Labute approximate surface area is 142 Å². The number of allylic oxidation sites excluding steroid dienone is 1. The lowest BCUT2D eigenvalue weighted by Crippen LogP contribution is -2.35. The molecule has 0 unspecified atom stereocenters. The molecule has 0 spiro atoms. The molecule has 134 valence electrons. The van der Waals surface area contributed by atoms with Crippen LogP contribution >= 0.6 is 0 Å². The molecule has 0 aromatic carbocycles. The van der Waals surface area contributed by atoms with Crippen LogP contribution in [0.3, 0.4) is 0 Å². The average Bonchev–Trinajstić information content (AvgIpc) is 2.50. The highest BCUT2D eigenvalue weighted by molar-refractivity contribution is 5.93. The van der Waals surface area contributed by atoms with Crippen LogP contribution in [0.15, 0.2) is 23.8 Å². The predicted molar refractivity (Wildman–Crippen MR) is 96.6 cm³/mol. The lowest BCUT2D eigenvalue weighted by molar-refractivity contribution is -0.118. The normalized spacial score (nSPS) is 12.6. The number of ether oxygens (including phenoxy) is 2. The lowest BCUT2D eigenvalue weighted by atomic mass is 10.1. The van der Waals surface area contributed by atoms with Crippen LogP contribution in [0.25, 0.3) is 0 Å². The van der Waals surface area contributed by atoms with Crippen molar-refractivity contribution in [3.8, 4) is 0 Å². The summed E-state index contributed by atoms with van der Waals surface area (Å²) in [4.78, 5) is 12.5. The fourth-order valence-electron chi connectivity index (χ4n) is 2.24. The van der Waals surface area contributed by atoms with Crippen LogP contribution in [0.5, 0.6) is 0 Å². The number of hydrogen-bond donors (Lipinski definition) is 1. The number of nitrogens with one attached hydrogen (secondary N) is 1. The second kappa shape index (κ2) is 14.5. The minimum atomic E-state index is 0.0170. The number of methoxy groups -OCH3 is 1. The summed E-state index contributed by atoms with van der Waals surface area (Å²) in [6, 6.07) is 0.261. The fourth-order valence-corrected chi connectivity index (χ4v) is 2.24. The molecule has 0 aliphatic heterocycles. The Kier molecular flexibility index (Phi) is 13.8. The van der Waals surface area contributed by atoms with Gasteiger partial charge < -0.3 is 14.8 Å². The molecule has 23 heavy (non-hydrogen) atoms. The highest BCUT2D eigenvalue weighted by Gasteiger charge is 2.13. The lowest BCUT2D eigenvalue weighted by Gasteiger charge is -2.18. The largest absolute Gasteiger partial charge is 0.381 e. The topological polar surface area (TPSA) is 47.6 Å². The molecule has 0 heterocycles. The Morgan fingerprint density at radius 2 is 1.74 bits per heavy atom. The van der Waals surface area contributed by atoms with Gasteiger partial charge in [-0.25, -0.2) is 0 Å². The first kappa shape index (κ1) is 21.9. The van der Waals surface area contributed by atoms with Gasteiger partial charge in [-0.3, -0.25) is 4.79 Å². The first-order valence-corrected chi connectivity index (χ1v) is 8.80. The van der Waals surface area contributed by atoms with Crippen molar-refractivity contribution in [2.24, 2.45) is 0 Å². The molecule has 4 nitrogen and oxygen atoms in total. The van der Waals surface area contributed by atoms with Crippen molar-refractivity contribution in [1.82, 2.24) is 5.32 Å². The molecule has 0 bridgehead atoms. The Balaban J connectivity index is 4.59. The third-order valence-electron chi connectivity index (χ3n) is 3.43. The summed E-state index contributed by atoms with van der Waals surface area (Å²) in [5.41, 5.74) is 0.754. The Bertz CT molecular complexity index is 356. The molecule has 0 aromatic heterocycles. The maximum Gasteiger partial charge on any atom is 0.247 e. The number of carbonyl (C=O) groups is 1. The minimum absolute atomic E-state index is 0.0170. The molecule has 1 amide bonds. The quantitative estimate of drug-likeness (QED) is 0.411. The van der Waals surface area contributed by atoms with E-state index in [9.17, 15) is 4.79 Å². The van der Waals surface area contributed by atoms with Crippen molar-refractivity contribution >= 4 is 5.91 Å². The molecule has 4 heteroatoms. The molecular weight excluding hydrogens is 290 g/mol. The molecule has 0 aliphatic carbocycles. The van der Waals surface area contributed by atoms with Gasteiger partial charge in [-0.15, -0.1) is 0 Å². The van der Waals surface area contributed by atoms with Crippen LogP contribution in [0.1, 0.15) is 59.8 Å². The van der Waals surface area contributed by atoms with Crippen LogP contribution < -0.4 is 5.32 Å². The molecule has 0 atom stereocenters. The van der Waals surface area contributed by atoms with E-state index in [1.165, 1.54) is 0 Å². The van der Waals surface area contributed by atoms with Crippen molar-refractivity contribution in [2.75, 3.05) is 20.3 Å². The highest BCUT2D eigenvalue weighted by atomic mass is 16.5. The van der Waals surface area contributed by atoms with E-state index in [-0.39, 0.29) is 18.1 Å². The molecule has 0 aliphatic rings. The maximum atomic E-state index is 12.5. The monoisotopic (exact) mass is 325 g/mol. The summed E-state index contributed by atoms with van der Waals surface area (Å²) in [5, 5.41) is 3.16. The van der Waals surface area contributed by atoms with E-state index in [0.29, 0.717) is 19.6 Å². The maximum absolute atomic E-state index is 12.5. The van der Waals surface area contributed by atoms with Crippen LogP contribution in [0.2, 0.25) is 0 Å². The summed E-state index contributed by atoms with van der Waals surface area (Å²) in [6.07, 6.45) is 10.8. The third kappa shape index (κ3) is 12.0. The Morgan fingerprint density at radius 3 is 2.26 bits per heavy atom. The Hall–Kier alpha value is -1.13. The van der Waals surface area contributed by atoms with Crippen molar-refractivity contribution in [3.05, 3.63) is 23.8 Å². The van der Waals surface area contributed by atoms with Crippen LogP contribution in [0, 0.1) is 0 Å². The van der Waals surface area contributed by atoms with E-state index in [1.807, 2.05) is 32.1 Å². The highest BCUT2D eigenvalue weighted by Crippen LogP contribution is 2.09. The SMILES string of the molecule is CCCC(CCC)NC(=O)/C(=C/COC)C/C=C\COC(C)C.